The number of hydrogen-bond acceptors (Lipinski definition) is 5. The number of esters is 1. The number of carbonyl (C=O) groups is 3. The van der Waals surface area contributed by atoms with Gasteiger partial charge in [0, 0.05) is 16.2 Å². The van der Waals surface area contributed by atoms with Gasteiger partial charge in [-0.25, -0.2) is 4.79 Å². The van der Waals surface area contributed by atoms with Crippen molar-refractivity contribution in [1.82, 2.24) is 0 Å². The zero-order valence-corrected chi connectivity index (χ0v) is 11.6. The van der Waals surface area contributed by atoms with Gasteiger partial charge >= 0.3 is 5.97 Å². The minimum absolute atomic E-state index is 0.133. The van der Waals surface area contributed by atoms with Gasteiger partial charge in [0.25, 0.3) is 5.78 Å². The number of fused-ring (bicyclic) bond motifs is 1. The fourth-order valence-electron chi connectivity index (χ4n) is 2.01. The summed E-state index contributed by atoms with van der Waals surface area (Å²) in [5.41, 5.74) is 1.54. The topological polar surface area (TPSA) is 60.4 Å². The number of benzene rings is 1. The van der Waals surface area contributed by atoms with Gasteiger partial charge in [-0.1, -0.05) is 18.2 Å². The van der Waals surface area contributed by atoms with Crippen LogP contribution in [0, 0.1) is 12.8 Å². The van der Waals surface area contributed by atoms with E-state index in [2.05, 4.69) is 4.74 Å². The van der Waals surface area contributed by atoms with E-state index in [0.717, 1.165) is 10.5 Å². The highest BCUT2D eigenvalue weighted by molar-refractivity contribution is 7.99. The Kier molecular flexibility index (Phi) is 4.04. The first-order chi connectivity index (χ1) is 9.06. The molecule has 0 saturated carbocycles. The smallest absolute Gasteiger partial charge is 0.375 e. The molecule has 0 radical (unpaired) electrons. The van der Waals surface area contributed by atoms with E-state index in [0.29, 0.717) is 11.3 Å². The first-order valence-electron chi connectivity index (χ1n) is 6.03. The highest BCUT2D eigenvalue weighted by Crippen LogP contribution is 2.35. The molecule has 0 bridgehead atoms. The zero-order chi connectivity index (χ0) is 14.0. The Morgan fingerprint density at radius 3 is 2.84 bits per heavy atom. The number of hydrogen-bond donors (Lipinski definition) is 0. The van der Waals surface area contributed by atoms with Crippen molar-refractivity contribution < 1.29 is 19.1 Å². The lowest BCUT2D eigenvalue weighted by Gasteiger charge is -2.22. The van der Waals surface area contributed by atoms with Crippen LogP contribution in [0.5, 0.6) is 0 Å². The molecule has 0 fully saturated rings. The van der Waals surface area contributed by atoms with Crippen LogP contribution in [0.3, 0.4) is 0 Å². The molecule has 0 N–H and O–H groups in total. The van der Waals surface area contributed by atoms with Crippen molar-refractivity contribution >= 4 is 29.3 Å². The molecule has 4 nitrogen and oxygen atoms in total. The molecule has 0 saturated heterocycles. The number of aryl methyl sites for hydroxylation is 1. The van der Waals surface area contributed by atoms with Crippen molar-refractivity contribution in [2.24, 2.45) is 5.92 Å². The second-order valence-electron chi connectivity index (χ2n) is 4.26. The Bertz CT molecular complexity index is 550. The summed E-state index contributed by atoms with van der Waals surface area (Å²) in [7, 11) is 0. The van der Waals surface area contributed by atoms with Crippen molar-refractivity contribution in [3.63, 3.8) is 0 Å². The van der Waals surface area contributed by atoms with Crippen molar-refractivity contribution in [1.29, 1.82) is 0 Å². The Hall–Kier alpha value is -1.62. The average Bonchev–Trinajstić information content (AvgIpc) is 2.40. The van der Waals surface area contributed by atoms with Crippen LogP contribution in [0.2, 0.25) is 0 Å². The molecule has 2 rings (SSSR count). The molecule has 1 aromatic carbocycles. The highest BCUT2D eigenvalue weighted by Gasteiger charge is 2.37. The molecule has 0 spiro atoms. The van der Waals surface area contributed by atoms with Gasteiger partial charge in [-0.3, -0.25) is 9.59 Å². The summed E-state index contributed by atoms with van der Waals surface area (Å²) < 4.78 is 4.67. The molecule has 1 atom stereocenters. The maximum absolute atomic E-state index is 12.3. The molecule has 0 aliphatic carbocycles. The van der Waals surface area contributed by atoms with E-state index in [4.69, 9.17) is 0 Å². The fraction of sp³-hybridized carbons (Fsp3) is 0.357. The third-order valence-electron chi connectivity index (χ3n) is 2.98. The van der Waals surface area contributed by atoms with E-state index >= 15 is 0 Å². The molecule has 0 aromatic heterocycles. The minimum Gasteiger partial charge on any atom is -0.460 e. The molecule has 0 amide bonds. The summed E-state index contributed by atoms with van der Waals surface area (Å²) in [6.07, 6.45) is 0. The Balaban J connectivity index is 2.27. The molecule has 1 aliphatic rings. The Morgan fingerprint density at radius 1 is 1.42 bits per heavy atom. The van der Waals surface area contributed by atoms with Crippen LogP contribution in [0.4, 0.5) is 0 Å². The lowest BCUT2D eigenvalue weighted by atomic mass is 9.93. The van der Waals surface area contributed by atoms with E-state index in [9.17, 15) is 14.4 Å². The molecular weight excluding hydrogens is 264 g/mol. The molecule has 19 heavy (non-hydrogen) atoms. The first kappa shape index (κ1) is 13.8. The number of Topliss-reactive ketones (excluding diaryl/α,β-unsaturated/α-hetero) is 2. The highest BCUT2D eigenvalue weighted by atomic mass is 32.2. The minimum atomic E-state index is -0.919. The van der Waals surface area contributed by atoms with E-state index < -0.39 is 17.7 Å². The molecule has 1 aromatic rings. The van der Waals surface area contributed by atoms with Crippen LogP contribution >= 0.6 is 11.8 Å². The monoisotopic (exact) mass is 278 g/mol. The maximum Gasteiger partial charge on any atom is 0.375 e. The maximum atomic E-state index is 12.3. The van der Waals surface area contributed by atoms with Crippen molar-refractivity contribution in [3.8, 4) is 0 Å². The molecule has 5 heteroatoms. The third kappa shape index (κ3) is 2.56. The van der Waals surface area contributed by atoms with Crippen LogP contribution in [-0.2, 0) is 14.3 Å². The Morgan fingerprint density at radius 2 is 2.16 bits per heavy atom. The van der Waals surface area contributed by atoms with Gasteiger partial charge < -0.3 is 4.74 Å². The molecular formula is C14H14O4S. The summed E-state index contributed by atoms with van der Waals surface area (Å²) in [5, 5.41) is 0. The second-order valence-corrected chi connectivity index (χ2v) is 5.29. The van der Waals surface area contributed by atoms with Gasteiger partial charge in [0.05, 0.1) is 6.61 Å². The number of ether oxygens (including phenoxy) is 1. The fourth-order valence-corrected chi connectivity index (χ4v) is 3.26. The summed E-state index contributed by atoms with van der Waals surface area (Å²) in [6.45, 7) is 3.68. The van der Waals surface area contributed by atoms with Gasteiger partial charge in [0.1, 0.15) is 5.92 Å². The number of ketones is 2. The standard InChI is InChI=1S/C14H14O4S/c1-3-18-14(17)12(16)10-7-19-13-8(2)5-4-6-9(13)11(10)15/h4-6,10H,3,7H2,1-2H3. The van der Waals surface area contributed by atoms with Crippen molar-refractivity contribution in [3.05, 3.63) is 29.3 Å². The number of thioether (sulfide) groups is 1. The predicted octanol–water partition coefficient (Wildman–Crippen LogP) is 2.03. The molecule has 100 valence electrons. The third-order valence-corrected chi connectivity index (χ3v) is 4.31. The quantitative estimate of drug-likeness (QED) is 0.481. The Labute approximate surface area is 115 Å². The van der Waals surface area contributed by atoms with Gasteiger partial charge in [0.2, 0.25) is 0 Å². The van der Waals surface area contributed by atoms with Gasteiger partial charge in [-0.15, -0.1) is 11.8 Å². The summed E-state index contributed by atoms with van der Waals surface area (Å²) in [4.78, 5) is 36.5. The molecule has 1 heterocycles. The van der Waals surface area contributed by atoms with E-state index in [1.54, 1.807) is 19.1 Å². The first-order valence-corrected chi connectivity index (χ1v) is 7.02. The summed E-state index contributed by atoms with van der Waals surface area (Å²) >= 11 is 1.44. The van der Waals surface area contributed by atoms with E-state index in [1.807, 2.05) is 13.0 Å². The second kappa shape index (κ2) is 5.57. The molecule has 1 unspecified atom stereocenters. The van der Waals surface area contributed by atoms with Crippen LogP contribution in [0.25, 0.3) is 0 Å². The van der Waals surface area contributed by atoms with Crippen molar-refractivity contribution in [2.45, 2.75) is 18.7 Å². The van der Waals surface area contributed by atoms with Gasteiger partial charge in [-0.2, -0.15) is 0 Å². The SMILES string of the molecule is CCOC(=O)C(=O)C1CSc2c(C)cccc2C1=O. The number of rotatable bonds is 3. The lowest BCUT2D eigenvalue weighted by Crippen LogP contribution is -2.35. The van der Waals surface area contributed by atoms with Gasteiger partial charge in [-0.05, 0) is 19.4 Å². The largest absolute Gasteiger partial charge is 0.460 e. The van der Waals surface area contributed by atoms with Gasteiger partial charge in [0.15, 0.2) is 5.78 Å². The van der Waals surface area contributed by atoms with Crippen LogP contribution in [-0.4, -0.2) is 29.9 Å². The van der Waals surface area contributed by atoms with Crippen LogP contribution < -0.4 is 0 Å². The summed E-state index contributed by atoms with van der Waals surface area (Å²) in [6, 6.07) is 5.40. The normalized spacial score (nSPS) is 17.8. The summed E-state index contributed by atoms with van der Waals surface area (Å²) in [5.74, 6) is -2.56. The van der Waals surface area contributed by atoms with E-state index in [1.165, 1.54) is 11.8 Å². The van der Waals surface area contributed by atoms with Crippen LogP contribution in [0.15, 0.2) is 23.1 Å². The molecule has 1 aliphatic heterocycles. The van der Waals surface area contributed by atoms with Crippen molar-refractivity contribution in [2.75, 3.05) is 12.4 Å². The predicted molar refractivity (Wildman–Crippen MR) is 71.4 cm³/mol. The lowest BCUT2D eigenvalue weighted by molar-refractivity contribution is -0.154. The average molecular weight is 278 g/mol. The van der Waals surface area contributed by atoms with Crippen LogP contribution in [0.1, 0.15) is 22.8 Å². The number of carbonyl (C=O) groups excluding carboxylic acids is 3. The zero-order valence-electron chi connectivity index (χ0n) is 10.8. The van der Waals surface area contributed by atoms with E-state index in [-0.39, 0.29) is 12.4 Å².